The molecule has 0 radical (unpaired) electrons. The highest BCUT2D eigenvalue weighted by Gasteiger charge is 2.20. The molecule has 18 heavy (non-hydrogen) atoms. The number of non-ortho nitro benzene ring substituents is 1. The van der Waals surface area contributed by atoms with Gasteiger partial charge in [0, 0.05) is 12.6 Å². The molecule has 0 atom stereocenters. The second-order valence-electron chi connectivity index (χ2n) is 3.35. The minimum absolute atomic E-state index is 0.0856. The van der Waals surface area contributed by atoms with Crippen molar-refractivity contribution < 1.29 is 17.7 Å². The van der Waals surface area contributed by atoms with Crippen LogP contribution in [0, 0.1) is 15.9 Å². The Hall–Kier alpha value is -1.80. The number of nitro benzene ring substituents is 1. The van der Waals surface area contributed by atoms with Crippen molar-refractivity contribution >= 4 is 15.7 Å². The van der Waals surface area contributed by atoms with E-state index in [0.717, 1.165) is 12.1 Å². The van der Waals surface area contributed by atoms with Gasteiger partial charge in [0.1, 0.15) is 10.7 Å². The maximum atomic E-state index is 13.5. The van der Waals surface area contributed by atoms with Gasteiger partial charge in [-0.1, -0.05) is 6.08 Å². The third-order valence-corrected chi connectivity index (χ3v) is 3.55. The molecule has 0 spiro atoms. The third-order valence-electron chi connectivity index (χ3n) is 2.06. The summed E-state index contributed by atoms with van der Waals surface area (Å²) in [6.07, 6.45) is 1.91. The summed E-state index contributed by atoms with van der Waals surface area (Å²) in [7, 11) is -4.00. The molecule has 1 rings (SSSR count). The summed E-state index contributed by atoms with van der Waals surface area (Å²) in [5.74, 6) is -1.16. The smallest absolute Gasteiger partial charge is 0.258 e. The number of nitro groups is 1. The molecule has 1 aromatic rings. The fraction of sp³-hybridized carbons (Fsp3) is 0.200. The van der Waals surface area contributed by atoms with E-state index in [0.29, 0.717) is 12.5 Å². The maximum absolute atomic E-state index is 13.5. The zero-order chi connectivity index (χ0) is 13.8. The van der Waals surface area contributed by atoms with Crippen molar-refractivity contribution in [1.29, 1.82) is 0 Å². The molecule has 0 unspecified atom stereocenters. The average molecular weight is 274 g/mol. The number of sulfonamides is 1. The molecule has 0 aromatic heterocycles. The lowest BCUT2D eigenvalue weighted by molar-refractivity contribution is -0.385. The maximum Gasteiger partial charge on any atom is 0.272 e. The van der Waals surface area contributed by atoms with Crippen molar-refractivity contribution in [3.05, 3.63) is 46.8 Å². The molecule has 0 saturated heterocycles. The van der Waals surface area contributed by atoms with Gasteiger partial charge in [0.2, 0.25) is 10.0 Å². The molecule has 0 heterocycles. The fourth-order valence-corrected chi connectivity index (χ4v) is 2.30. The predicted octanol–water partition coefficient (Wildman–Crippen LogP) is 1.59. The highest BCUT2D eigenvalue weighted by molar-refractivity contribution is 7.89. The Bertz CT molecular complexity index is 571. The first-order valence-electron chi connectivity index (χ1n) is 4.93. The highest BCUT2D eigenvalue weighted by Crippen LogP contribution is 2.20. The number of hydrogen-bond acceptors (Lipinski definition) is 4. The van der Waals surface area contributed by atoms with Crippen LogP contribution in [0.1, 0.15) is 6.42 Å². The van der Waals surface area contributed by atoms with Crippen LogP contribution in [0.3, 0.4) is 0 Å². The topological polar surface area (TPSA) is 89.3 Å². The molecule has 0 saturated carbocycles. The van der Waals surface area contributed by atoms with Crippen molar-refractivity contribution in [3.63, 3.8) is 0 Å². The van der Waals surface area contributed by atoms with Gasteiger partial charge in [-0.3, -0.25) is 10.1 Å². The summed E-state index contributed by atoms with van der Waals surface area (Å²) >= 11 is 0. The molecule has 98 valence electrons. The highest BCUT2D eigenvalue weighted by atomic mass is 32.2. The van der Waals surface area contributed by atoms with Gasteiger partial charge in [-0.25, -0.2) is 17.5 Å². The standard InChI is InChI=1S/C10H11FN2O4S/c1-2-3-6-12-18(16,17)10-5-4-8(13(14)15)7-9(10)11/h2,4-5,7,12H,1,3,6H2. The summed E-state index contributed by atoms with van der Waals surface area (Å²) in [5.41, 5.74) is -0.502. The van der Waals surface area contributed by atoms with E-state index in [4.69, 9.17) is 0 Å². The zero-order valence-corrected chi connectivity index (χ0v) is 10.1. The molecule has 8 heteroatoms. The van der Waals surface area contributed by atoms with E-state index in [-0.39, 0.29) is 6.54 Å². The lowest BCUT2D eigenvalue weighted by atomic mass is 10.3. The lowest BCUT2D eigenvalue weighted by Crippen LogP contribution is -2.25. The van der Waals surface area contributed by atoms with E-state index >= 15 is 0 Å². The van der Waals surface area contributed by atoms with Gasteiger partial charge >= 0.3 is 0 Å². The molecule has 6 nitrogen and oxygen atoms in total. The van der Waals surface area contributed by atoms with Crippen molar-refractivity contribution in [1.82, 2.24) is 4.72 Å². The molecule has 0 aliphatic rings. The molecule has 0 fully saturated rings. The first-order chi connectivity index (χ1) is 8.38. The largest absolute Gasteiger partial charge is 0.272 e. The minimum atomic E-state index is -4.00. The molecular weight excluding hydrogens is 263 g/mol. The van der Waals surface area contributed by atoms with Gasteiger partial charge in [-0.2, -0.15) is 0 Å². The van der Waals surface area contributed by atoms with Crippen molar-refractivity contribution in [3.8, 4) is 0 Å². The lowest BCUT2D eigenvalue weighted by Gasteiger charge is -2.06. The number of nitrogens with one attached hydrogen (secondary N) is 1. The second kappa shape index (κ2) is 5.69. The molecule has 1 aromatic carbocycles. The number of rotatable bonds is 6. The zero-order valence-electron chi connectivity index (χ0n) is 9.30. The molecule has 1 N–H and O–H groups in total. The normalized spacial score (nSPS) is 11.2. The summed E-state index contributed by atoms with van der Waals surface area (Å²) in [6.45, 7) is 3.50. The Kier molecular flexibility index (Phi) is 4.51. The fourth-order valence-electron chi connectivity index (χ4n) is 1.19. The van der Waals surface area contributed by atoms with Crippen LogP contribution < -0.4 is 4.72 Å². The van der Waals surface area contributed by atoms with E-state index < -0.39 is 31.3 Å². The number of nitrogens with zero attached hydrogens (tertiary/aromatic N) is 1. The predicted molar refractivity (Wildman–Crippen MR) is 63.1 cm³/mol. The second-order valence-corrected chi connectivity index (χ2v) is 5.08. The summed E-state index contributed by atoms with van der Waals surface area (Å²) < 4.78 is 38.9. The summed E-state index contributed by atoms with van der Waals surface area (Å²) in [5, 5.41) is 10.4. The van der Waals surface area contributed by atoms with E-state index in [2.05, 4.69) is 11.3 Å². The van der Waals surface area contributed by atoms with Gasteiger partial charge in [0.15, 0.2) is 0 Å². The van der Waals surface area contributed by atoms with Crippen LogP contribution in [0.4, 0.5) is 10.1 Å². The Balaban J connectivity index is 3.02. The minimum Gasteiger partial charge on any atom is -0.258 e. The average Bonchev–Trinajstić information content (AvgIpc) is 2.28. The van der Waals surface area contributed by atoms with Crippen LogP contribution in [-0.4, -0.2) is 19.9 Å². The number of benzene rings is 1. The van der Waals surface area contributed by atoms with Gasteiger partial charge < -0.3 is 0 Å². The van der Waals surface area contributed by atoms with Crippen LogP contribution in [0.15, 0.2) is 35.7 Å². The Morgan fingerprint density at radius 2 is 2.17 bits per heavy atom. The Morgan fingerprint density at radius 3 is 2.67 bits per heavy atom. The van der Waals surface area contributed by atoms with Gasteiger partial charge in [-0.05, 0) is 12.5 Å². The molecule has 0 amide bonds. The van der Waals surface area contributed by atoms with E-state index in [9.17, 15) is 22.9 Å². The SMILES string of the molecule is C=CCCNS(=O)(=O)c1ccc([N+](=O)[O-])cc1F. The van der Waals surface area contributed by atoms with E-state index in [1.54, 1.807) is 0 Å². The molecular formula is C10H11FN2O4S. The first kappa shape index (κ1) is 14.3. The number of hydrogen-bond donors (Lipinski definition) is 1. The van der Waals surface area contributed by atoms with Crippen LogP contribution >= 0.6 is 0 Å². The number of halogens is 1. The molecule has 0 bridgehead atoms. The van der Waals surface area contributed by atoms with E-state index in [1.165, 1.54) is 6.08 Å². The summed E-state index contributed by atoms with van der Waals surface area (Å²) in [6, 6.07) is 2.37. The van der Waals surface area contributed by atoms with Crippen LogP contribution in [0.25, 0.3) is 0 Å². The monoisotopic (exact) mass is 274 g/mol. The van der Waals surface area contributed by atoms with Gasteiger partial charge in [0.25, 0.3) is 5.69 Å². The quantitative estimate of drug-likeness (QED) is 0.369. The molecule has 0 aliphatic heterocycles. The van der Waals surface area contributed by atoms with Crippen molar-refractivity contribution in [2.24, 2.45) is 0 Å². The van der Waals surface area contributed by atoms with Crippen molar-refractivity contribution in [2.75, 3.05) is 6.54 Å². The van der Waals surface area contributed by atoms with Crippen LogP contribution in [-0.2, 0) is 10.0 Å². The van der Waals surface area contributed by atoms with Gasteiger partial charge in [0.05, 0.1) is 11.0 Å². The molecule has 0 aliphatic carbocycles. The Morgan fingerprint density at radius 1 is 1.50 bits per heavy atom. The summed E-state index contributed by atoms with van der Waals surface area (Å²) in [4.78, 5) is 8.97. The van der Waals surface area contributed by atoms with Gasteiger partial charge in [-0.15, -0.1) is 6.58 Å². The first-order valence-corrected chi connectivity index (χ1v) is 6.41. The van der Waals surface area contributed by atoms with Crippen LogP contribution in [0.5, 0.6) is 0 Å². The third kappa shape index (κ3) is 3.34. The van der Waals surface area contributed by atoms with E-state index in [1.807, 2.05) is 0 Å². The Labute approximate surface area is 103 Å². The van der Waals surface area contributed by atoms with Crippen LogP contribution in [0.2, 0.25) is 0 Å². The van der Waals surface area contributed by atoms with Crippen molar-refractivity contribution in [2.45, 2.75) is 11.3 Å².